The summed E-state index contributed by atoms with van der Waals surface area (Å²) < 4.78 is 0. The average molecular weight is 537 g/mol. The molecule has 5 atom stereocenters. The Morgan fingerprint density at radius 2 is 2.00 bits per heavy atom. The molecule has 3 N–H and O–H groups in total. The number of hydrogen-bond acceptors (Lipinski definition) is 8. The molecule has 0 aliphatic carbocycles. The topological polar surface area (TPSA) is 117 Å². The van der Waals surface area contributed by atoms with Crippen molar-refractivity contribution in [1.82, 2.24) is 0 Å². The largest absolute Gasteiger partial charge is 0.643 e. The zero-order valence-electron chi connectivity index (χ0n) is 17.9. The first-order chi connectivity index (χ1) is 14.6. The molecule has 7 nitrogen and oxygen atoms in total. The number of aliphatic hydroxyl groups excluding tert-OH is 1. The van der Waals surface area contributed by atoms with Crippen LogP contribution >= 0.6 is 35.3 Å². The van der Waals surface area contributed by atoms with Gasteiger partial charge in [0.1, 0.15) is 10.8 Å². The summed E-state index contributed by atoms with van der Waals surface area (Å²) in [6.07, 6.45) is -0.761. The molecule has 1 unspecified atom stereocenters. The van der Waals surface area contributed by atoms with Crippen molar-refractivity contribution in [2.75, 3.05) is 17.3 Å². The first kappa shape index (κ1) is 25.9. The number of thioether (sulfide) groups is 3. The first-order valence-corrected chi connectivity index (χ1v) is 13.1. The summed E-state index contributed by atoms with van der Waals surface area (Å²) in [7, 11) is 0. The third-order valence-electron chi connectivity index (χ3n) is 5.87. The van der Waals surface area contributed by atoms with Crippen molar-refractivity contribution in [2.45, 2.75) is 49.9 Å². The maximum Gasteiger partial charge on any atom is 0.332 e. The van der Waals surface area contributed by atoms with Gasteiger partial charge in [-0.2, -0.15) is 11.8 Å². The third-order valence-corrected chi connectivity index (χ3v) is 9.88. The van der Waals surface area contributed by atoms with Gasteiger partial charge < -0.3 is 20.6 Å². The van der Waals surface area contributed by atoms with Crippen LogP contribution in [0.3, 0.4) is 0 Å². The van der Waals surface area contributed by atoms with Gasteiger partial charge in [0.2, 0.25) is 0 Å². The molecule has 176 valence electrons. The normalized spacial score (nSPS) is 31.1. The van der Waals surface area contributed by atoms with Crippen LogP contribution in [0.1, 0.15) is 26.3 Å². The number of carbonyl (C=O) groups is 1. The molecule has 0 radical (unpaired) electrons. The van der Waals surface area contributed by atoms with E-state index >= 15 is 0 Å². The Morgan fingerprint density at radius 3 is 2.66 bits per heavy atom. The van der Waals surface area contributed by atoms with Crippen molar-refractivity contribution in [1.29, 1.82) is 0 Å². The SMILES string of the molecule is CC(C)(C1=N[C@@](C)(C(=O)O)CS1)[C@H](O)[C@@H]1CSC([C@H]2CSC(c3ccccc3O)=N2)[N-]1.[Fe]. The van der Waals surface area contributed by atoms with Crippen LogP contribution in [0.2, 0.25) is 0 Å². The van der Waals surface area contributed by atoms with E-state index in [0.29, 0.717) is 16.5 Å². The van der Waals surface area contributed by atoms with Crippen LogP contribution in [0.15, 0.2) is 34.3 Å². The zero-order valence-corrected chi connectivity index (χ0v) is 21.5. The number of aliphatic hydroxyl groups is 1. The van der Waals surface area contributed by atoms with E-state index in [2.05, 4.69) is 4.99 Å². The van der Waals surface area contributed by atoms with Crippen LogP contribution in [0, 0.1) is 5.41 Å². The first-order valence-electron chi connectivity index (χ1n) is 10.1. The zero-order chi connectivity index (χ0) is 22.4. The second-order valence-electron chi connectivity index (χ2n) is 8.72. The van der Waals surface area contributed by atoms with Gasteiger partial charge in [-0.15, -0.1) is 23.5 Å². The van der Waals surface area contributed by atoms with Crippen LogP contribution < -0.4 is 0 Å². The molecule has 0 amide bonds. The van der Waals surface area contributed by atoms with E-state index in [1.807, 2.05) is 26.0 Å². The molecule has 3 aliphatic rings. The number of hydrogen-bond donors (Lipinski definition) is 3. The average Bonchev–Trinajstić information content (AvgIpc) is 3.47. The summed E-state index contributed by atoms with van der Waals surface area (Å²) in [6.45, 7) is 5.43. The molecule has 11 heteroatoms. The summed E-state index contributed by atoms with van der Waals surface area (Å²) in [5.74, 6) is 1.13. The van der Waals surface area contributed by atoms with Gasteiger partial charge in [0.15, 0.2) is 5.54 Å². The number of carboxylic acid groups (broad SMARTS) is 1. The predicted octanol–water partition coefficient (Wildman–Crippen LogP) is 3.44. The molecule has 0 bridgehead atoms. The molecule has 1 aromatic rings. The number of nitrogens with zero attached hydrogens (tertiary/aromatic N) is 3. The Morgan fingerprint density at radius 1 is 1.28 bits per heavy atom. The number of aliphatic carboxylic acids is 1. The minimum atomic E-state index is -1.14. The molecular formula is C21H26FeN3O4S3-. The molecular weight excluding hydrogens is 510 g/mol. The summed E-state index contributed by atoms with van der Waals surface area (Å²) in [6, 6.07) is 6.93. The van der Waals surface area contributed by atoms with Gasteiger partial charge >= 0.3 is 5.97 Å². The third kappa shape index (κ3) is 4.89. The van der Waals surface area contributed by atoms with Crippen molar-refractivity contribution in [2.24, 2.45) is 15.4 Å². The Kier molecular flexibility index (Phi) is 8.02. The van der Waals surface area contributed by atoms with Crippen molar-refractivity contribution in [3.05, 3.63) is 35.1 Å². The fourth-order valence-electron chi connectivity index (χ4n) is 3.74. The van der Waals surface area contributed by atoms with Gasteiger partial charge in [-0.3, -0.25) is 9.98 Å². The standard InChI is InChI=1S/C21H26N3O4S3.Fe/c1-20(2,18-24-21(3,10-31-18)19(27)28)15(26)12-8-30-17(22-12)13-9-29-16(23-13)11-6-4-5-7-14(11)25;/h4-7,12-13,15,17,25-26H,8-10H2,1-3H3,(H,27,28);/q-1;/t12-,13+,15+,17?,21+;/m0./s1. The summed E-state index contributed by atoms with van der Waals surface area (Å²) in [4.78, 5) is 20.8. The van der Waals surface area contributed by atoms with Crippen molar-refractivity contribution in [3.8, 4) is 5.75 Å². The predicted molar refractivity (Wildman–Crippen MR) is 130 cm³/mol. The van der Waals surface area contributed by atoms with Gasteiger partial charge in [-0.05, 0) is 24.8 Å². The summed E-state index contributed by atoms with van der Waals surface area (Å²) in [5.41, 5.74) is -1.08. The van der Waals surface area contributed by atoms with E-state index in [0.717, 1.165) is 16.4 Å². The molecule has 4 rings (SSSR count). The molecule has 0 saturated carbocycles. The number of aliphatic imine (C=N–C) groups is 2. The molecule has 1 fully saturated rings. The van der Waals surface area contributed by atoms with E-state index < -0.39 is 23.0 Å². The van der Waals surface area contributed by atoms with E-state index in [1.54, 1.807) is 42.6 Å². The van der Waals surface area contributed by atoms with Crippen LogP contribution in [0.25, 0.3) is 5.32 Å². The molecule has 1 saturated heterocycles. The van der Waals surface area contributed by atoms with E-state index in [9.17, 15) is 20.1 Å². The van der Waals surface area contributed by atoms with Crippen LogP contribution in [0.5, 0.6) is 5.75 Å². The molecule has 0 aromatic heterocycles. The Labute approximate surface area is 211 Å². The summed E-state index contributed by atoms with van der Waals surface area (Å²) >= 11 is 4.72. The quantitative estimate of drug-likeness (QED) is 0.477. The maximum absolute atomic E-state index is 11.5. The Bertz CT molecular complexity index is 945. The van der Waals surface area contributed by atoms with Gasteiger partial charge in [-0.25, -0.2) is 4.79 Å². The van der Waals surface area contributed by atoms with Crippen LogP contribution in [0.4, 0.5) is 0 Å². The molecule has 3 heterocycles. The van der Waals surface area contributed by atoms with Gasteiger partial charge in [0.05, 0.1) is 11.1 Å². The number of carboxylic acids is 1. The van der Waals surface area contributed by atoms with E-state index in [1.165, 1.54) is 11.8 Å². The van der Waals surface area contributed by atoms with Gasteiger partial charge in [-0.1, -0.05) is 37.4 Å². The fraction of sp³-hybridized carbons (Fsp3) is 0.571. The van der Waals surface area contributed by atoms with Crippen molar-refractivity contribution in [3.63, 3.8) is 0 Å². The summed E-state index contributed by atoms with van der Waals surface area (Å²) in [5, 5.41) is 37.0. The van der Waals surface area contributed by atoms with Gasteiger partial charge in [0, 0.05) is 45.7 Å². The minimum absolute atomic E-state index is 0. The van der Waals surface area contributed by atoms with Crippen molar-refractivity contribution >= 4 is 51.3 Å². The fourth-order valence-corrected chi connectivity index (χ4v) is 7.63. The number of benzene rings is 1. The smallest absolute Gasteiger partial charge is 0.332 e. The van der Waals surface area contributed by atoms with Crippen LogP contribution in [-0.4, -0.2) is 77.7 Å². The van der Waals surface area contributed by atoms with E-state index in [-0.39, 0.29) is 40.3 Å². The van der Waals surface area contributed by atoms with Crippen molar-refractivity contribution < 1.29 is 37.2 Å². The molecule has 3 aliphatic heterocycles. The number of phenols is 1. The Hall–Kier alpha value is -0.681. The second kappa shape index (κ2) is 9.90. The molecule has 32 heavy (non-hydrogen) atoms. The van der Waals surface area contributed by atoms with E-state index in [4.69, 9.17) is 10.3 Å². The Balaban J connectivity index is 0.00000289. The number of para-hydroxylation sites is 1. The van der Waals surface area contributed by atoms with Crippen LogP contribution in [-0.2, 0) is 21.9 Å². The minimum Gasteiger partial charge on any atom is -0.643 e. The number of phenolic OH excluding ortho intramolecular Hbond substituents is 1. The second-order valence-corrected chi connectivity index (χ2v) is 11.8. The molecule has 1 aromatic carbocycles. The van der Waals surface area contributed by atoms with Gasteiger partial charge in [0.25, 0.3) is 0 Å². The monoisotopic (exact) mass is 536 g/mol. The maximum atomic E-state index is 11.5. The number of rotatable bonds is 6. The molecule has 0 spiro atoms. The number of aromatic hydroxyl groups is 1.